The molecule has 1 saturated carbocycles. The quantitative estimate of drug-likeness (QED) is 0.644. The largest absolute Gasteiger partial charge is 0.474 e. The number of urea groups is 1. The molecule has 182 valence electrons. The number of hydrogen-bond acceptors (Lipinski definition) is 6. The molecule has 34 heavy (non-hydrogen) atoms. The van der Waals surface area contributed by atoms with Crippen molar-refractivity contribution < 1.29 is 27.1 Å². The van der Waals surface area contributed by atoms with E-state index in [1.54, 1.807) is 0 Å². The van der Waals surface area contributed by atoms with Crippen LogP contribution in [-0.2, 0) is 47.0 Å². The lowest BCUT2D eigenvalue weighted by Crippen LogP contribution is -2.36. The molecule has 1 aromatic carbocycles. The van der Waals surface area contributed by atoms with E-state index in [-0.39, 0.29) is 29.3 Å². The van der Waals surface area contributed by atoms with Gasteiger partial charge in [0.15, 0.2) is 4.90 Å². The first-order valence-electron chi connectivity index (χ1n) is 11.9. The molecule has 0 radical (unpaired) electrons. The topological polar surface area (TPSA) is 112 Å². The fourth-order valence-electron chi connectivity index (χ4n) is 5.25. The zero-order valence-electron chi connectivity index (χ0n) is 18.7. The van der Waals surface area contributed by atoms with Crippen LogP contribution in [0.5, 0.6) is 5.88 Å². The molecule has 2 aromatic rings. The fraction of sp³-hybridized carbons (Fsp3) is 0.565. The third kappa shape index (κ3) is 3.84. The van der Waals surface area contributed by atoms with E-state index in [9.17, 15) is 17.6 Å². The highest BCUT2D eigenvalue weighted by molar-refractivity contribution is 7.90. The van der Waals surface area contributed by atoms with Gasteiger partial charge in [0.25, 0.3) is 10.0 Å². The third-order valence-corrected chi connectivity index (χ3v) is 8.44. The van der Waals surface area contributed by atoms with Crippen molar-refractivity contribution in [1.82, 2.24) is 14.5 Å². The maximum atomic E-state index is 14.9. The third-order valence-electron chi connectivity index (χ3n) is 7.13. The smallest absolute Gasteiger partial charge is 0.333 e. The lowest BCUT2D eigenvalue weighted by Gasteiger charge is -2.24. The van der Waals surface area contributed by atoms with Gasteiger partial charge in [-0.15, -0.1) is 0 Å². The predicted molar refractivity (Wildman–Crippen MR) is 120 cm³/mol. The van der Waals surface area contributed by atoms with E-state index in [4.69, 9.17) is 9.47 Å². The molecule has 1 atom stereocenters. The summed E-state index contributed by atoms with van der Waals surface area (Å²) in [5.74, 6) is 0.554. The van der Waals surface area contributed by atoms with Crippen LogP contribution >= 0.6 is 0 Å². The standard InChI is InChI=1S/C23H27FN4O5S/c24-20-15-3-1-5-17(15)21(18-6-2-4-16(18)20)26-23(29)27-34(30,31)19-9-25-28-10-14(12-33-22(19)28)32-11-13-7-8-13/h9,13-14H,1-8,10-12H2,(H2,26,27,29). The second kappa shape index (κ2) is 8.23. The number of fused-ring (bicyclic) bond motifs is 3. The van der Waals surface area contributed by atoms with Gasteiger partial charge in [-0.25, -0.2) is 27.0 Å². The average Bonchev–Trinajstić information content (AvgIpc) is 3.21. The summed E-state index contributed by atoms with van der Waals surface area (Å²) in [6.07, 6.45) is 7.57. The van der Waals surface area contributed by atoms with Crippen LogP contribution in [0.15, 0.2) is 11.1 Å². The second-order valence-corrected chi connectivity index (χ2v) is 11.2. The molecule has 2 heterocycles. The number of benzene rings is 1. The van der Waals surface area contributed by atoms with Gasteiger partial charge in [-0.1, -0.05) is 0 Å². The first kappa shape index (κ1) is 21.8. The van der Waals surface area contributed by atoms with Crippen LogP contribution in [0.1, 0.15) is 47.9 Å². The number of carbonyl (C=O) groups is 1. The van der Waals surface area contributed by atoms with E-state index in [2.05, 4.69) is 15.1 Å². The number of amides is 2. The van der Waals surface area contributed by atoms with E-state index in [1.807, 2.05) is 0 Å². The number of ether oxygens (including phenoxy) is 2. The number of halogens is 1. The molecule has 1 fully saturated rings. The summed E-state index contributed by atoms with van der Waals surface area (Å²) in [5, 5.41) is 6.85. The molecule has 0 saturated heterocycles. The van der Waals surface area contributed by atoms with Crippen molar-refractivity contribution in [2.75, 3.05) is 18.5 Å². The van der Waals surface area contributed by atoms with Crippen molar-refractivity contribution in [3.05, 3.63) is 34.3 Å². The van der Waals surface area contributed by atoms with Gasteiger partial charge in [0.1, 0.15) is 18.5 Å². The molecule has 4 aliphatic rings. The van der Waals surface area contributed by atoms with E-state index >= 15 is 0 Å². The van der Waals surface area contributed by atoms with Crippen LogP contribution in [0.3, 0.4) is 0 Å². The number of rotatable bonds is 6. The van der Waals surface area contributed by atoms with Crippen molar-refractivity contribution in [1.29, 1.82) is 0 Å². The minimum absolute atomic E-state index is 0.0927. The van der Waals surface area contributed by atoms with E-state index < -0.39 is 16.1 Å². The number of anilines is 1. The van der Waals surface area contributed by atoms with Crippen LogP contribution in [-0.4, -0.2) is 43.5 Å². The van der Waals surface area contributed by atoms with E-state index in [0.29, 0.717) is 61.6 Å². The summed E-state index contributed by atoms with van der Waals surface area (Å²) in [6.45, 7) is 1.28. The molecule has 9 nitrogen and oxygen atoms in total. The predicted octanol–water partition coefficient (Wildman–Crippen LogP) is 2.70. The van der Waals surface area contributed by atoms with Crippen molar-refractivity contribution >= 4 is 21.7 Å². The zero-order valence-corrected chi connectivity index (χ0v) is 19.5. The summed E-state index contributed by atoms with van der Waals surface area (Å²) >= 11 is 0. The number of nitrogens with zero attached hydrogens (tertiary/aromatic N) is 2. The van der Waals surface area contributed by atoms with Gasteiger partial charge in [0.05, 0.1) is 19.3 Å². The molecular weight excluding hydrogens is 463 g/mol. The van der Waals surface area contributed by atoms with E-state index in [0.717, 1.165) is 24.0 Å². The summed E-state index contributed by atoms with van der Waals surface area (Å²) in [7, 11) is -4.23. The van der Waals surface area contributed by atoms with Gasteiger partial charge in [-0.05, 0) is 79.5 Å². The monoisotopic (exact) mass is 490 g/mol. The minimum Gasteiger partial charge on any atom is -0.474 e. The Morgan fingerprint density at radius 1 is 1.15 bits per heavy atom. The van der Waals surface area contributed by atoms with Crippen molar-refractivity contribution in [2.24, 2.45) is 5.92 Å². The van der Waals surface area contributed by atoms with Gasteiger partial charge >= 0.3 is 6.03 Å². The fourth-order valence-corrected chi connectivity index (χ4v) is 6.23. The molecule has 3 aliphatic carbocycles. The Kier molecular flexibility index (Phi) is 5.29. The molecular formula is C23H27FN4O5S. The Balaban J connectivity index is 1.19. The van der Waals surface area contributed by atoms with Gasteiger partial charge < -0.3 is 14.8 Å². The molecule has 0 spiro atoms. The number of hydrogen-bond donors (Lipinski definition) is 2. The summed E-state index contributed by atoms with van der Waals surface area (Å²) in [5.41, 5.74) is 3.44. The molecule has 6 rings (SSSR count). The Hall–Kier alpha value is -2.66. The number of aromatic nitrogens is 2. The molecule has 1 aromatic heterocycles. The first-order valence-corrected chi connectivity index (χ1v) is 13.4. The van der Waals surface area contributed by atoms with Crippen LogP contribution < -0.4 is 14.8 Å². The molecule has 0 bridgehead atoms. The Morgan fingerprint density at radius 3 is 2.50 bits per heavy atom. The summed E-state index contributed by atoms with van der Waals surface area (Å²) in [4.78, 5) is 12.6. The van der Waals surface area contributed by atoms with Crippen molar-refractivity contribution in [3.8, 4) is 5.88 Å². The highest BCUT2D eigenvalue weighted by Crippen LogP contribution is 2.41. The van der Waals surface area contributed by atoms with Crippen LogP contribution in [0, 0.1) is 11.7 Å². The Labute approximate surface area is 197 Å². The summed E-state index contributed by atoms with van der Waals surface area (Å²) < 4.78 is 55.9. The van der Waals surface area contributed by atoms with Gasteiger partial charge in [0.2, 0.25) is 5.88 Å². The van der Waals surface area contributed by atoms with Crippen molar-refractivity contribution in [2.45, 2.75) is 68.9 Å². The molecule has 2 amide bonds. The number of carbonyl (C=O) groups excluding carboxylic acids is 1. The molecule has 1 aliphatic heterocycles. The highest BCUT2D eigenvalue weighted by Gasteiger charge is 2.34. The van der Waals surface area contributed by atoms with Gasteiger partial charge in [0, 0.05) is 5.69 Å². The lowest BCUT2D eigenvalue weighted by molar-refractivity contribution is -0.0179. The molecule has 2 N–H and O–H groups in total. The van der Waals surface area contributed by atoms with Crippen molar-refractivity contribution in [3.63, 3.8) is 0 Å². The maximum Gasteiger partial charge on any atom is 0.333 e. The van der Waals surface area contributed by atoms with Crippen LogP contribution in [0.2, 0.25) is 0 Å². The number of nitrogens with one attached hydrogen (secondary N) is 2. The highest BCUT2D eigenvalue weighted by atomic mass is 32.2. The lowest BCUT2D eigenvalue weighted by atomic mass is 9.98. The Bertz CT molecular complexity index is 1240. The van der Waals surface area contributed by atoms with Crippen LogP contribution in [0.25, 0.3) is 0 Å². The van der Waals surface area contributed by atoms with Crippen LogP contribution in [0.4, 0.5) is 14.9 Å². The van der Waals surface area contributed by atoms with Gasteiger partial charge in [-0.3, -0.25) is 0 Å². The zero-order chi connectivity index (χ0) is 23.4. The SMILES string of the molecule is O=C(Nc1c2c(c(F)c3c1CCC3)CCC2)NS(=O)(=O)c1cnn2c1OCC(OCC1CC1)C2. The minimum atomic E-state index is -4.23. The molecule has 1 unspecified atom stereocenters. The summed E-state index contributed by atoms with van der Waals surface area (Å²) in [6, 6.07) is -0.879. The number of sulfonamides is 1. The van der Waals surface area contributed by atoms with E-state index in [1.165, 1.54) is 23.7 Å². The second-order valence-electron chi connectivity index (χ2n) is 9.58. The first-order chi connectivity index (χ1) is 16.4. The average molecular weight is 491 g/mol. The normalized spacial score (nSPS) is 20.9. The van der Waals surface area contributed by atoms with Gasteiger partial charge in [-0.2, -0.15) is 5.10 Å². The molecule has 11 heteroatoms. The Morgan fingerprint density at radius 2 is 1.82 bits per heavy atom. The maximum absolute atomic E-state index is 14.9.